The Labute approximate surface area is 232 Å². The minimum atomic E-state index is -0.254. The third-order valence-corrected chi connectivity index (χ3v) is 8.91. The van der Waals surface area contributed by atoms with Crippen LogP contribution < -0.4 is 5.32 Å². The zero-order chi connectivity index (χ0) is 27.0. The molecule has 5 rings (SSSR count). The number of nitrogens with zero attached hydrogens (tertiary/aromatic N) is 5. The van der Waals surface area contributed by atoms with Crippen LogP contribution in [0.25, 0.3) is 10.6 Å². The Morgan fingerprint density at radius 3 is 2.61 bits per heavy atom. The molecular weight excluding hydrogens is 524 g/mol. The van der Waals surface area contributed by atoms with Crippen molar-refractivity contribution in [2.75, 3.05) is 19.6 Å². The van der Waals surface area contributed by atoms with Crippen molar-refractivity contribution in [3.05, 3.63) is 45.7 Å². The summed E-state index contributed by atoms with van der Waals surface area (Å²) < 4.78 is 7.77. The zero-order valence-electron chi connectivity index (χ0n) is 22.4. The molecule has 11 heteroatoms. The Morgan fingerprint density at radius 1 is 1.21 bits per heavy atom. The van der Waals surface area contributed by atoms with E-state index in [0.717, 1.165) is 43.6 Å². The molecule has 2 amide bonds. The lowest BCUT2D eigenvalue weighted by molar-refractivity contribution is 0.0639. The highest BCUT2D eigenvalue weighted by Gasteiger charge is 2.37. The number of rotatable bonds is 7. The van der Waals surface area contributed by atoms with Crippen LogP contribution in [0.2, 0.25) is 4.34 Å². The average molecular weight is 559 g/mol. The quantitative estimate of drug-likeness (QED) is 0.442. The first-order valence-electron chi connectivity index (χ1n) is 13.3. The van der Waals surface area contributed by atoms with E-state index in [0.29, 0.717) is 34.1 Å². The number of carbonyl (C=O) groups is 2. The van der Waals surface area contributed by atoms with Crippen LogP contribution in [-0.4, -0.2) is 73.8 Å². The number of aromatic nitrogens is 3. The third kappa shape index (κ3) is 5.67. The number of hydrogen-bond donors (Lipinski definition) is 1. The molecule has 38 heavy (non-hydrogen) atoms. The molecule has 0 aliphatic carbocycles. The first-order chi connectivity index (χ1) is 18.1. The summed E-state index contributed by atoms with van der Waals surface area (Å²) in [6.45, 7) is 11.3. The van der Waals surface area contributed by atoms with Crippen molar-refractivity contribution < 1.29 is 14.1 Å². The van der Waals surface area contributed by atoms with Crippen molar-refractivity contribution in [3.63, 3.8) is 0 Å². The van der Waals surface area contributed by atoms with Crippen molar-refractivity contribution >= 4 is 34.8 Å². The topological polar surface area (TPSA) is 96.5 Å². The fraction of sp³-hybridized carbons (Fsp3) is 0.556. The molecule has 0 unspecified atom stereocenters. The van der Waals surface area contributed by atoms with E-state index in [1.54, 1.807) is 10.7 Å². The van der Waals surface area contributed by atoms with E-state index in [1.165, 1.54) is 11.3 Å². The number of carbonyl (C=O) groups excluding carboxylic acids is 2. The summed E-state index contributed by atoms with van der Waals surface area (Å²) in [5.74, 6) is 0.219. The number of amides is 2. The van der Waals surface area contributed by atoms with Crippen molar-refractivity contribution in [1.29, 1.82) is 0 Å². The molecule has 2 saturated heterocycles. The number of piperidine rings is 1. The van der Waals surface area contributed by atoms with Crippen molar-refractivity contribution in [2.45, 2.75) is 77.5 Å². The van der Waals surface area contributed by atoms with Gasteiger partial charge in [0.15, 0.2) is 11.5 Å². The van der Waals surface area contributed by atoms with E-state index >= 15 is 0 Å². The van der Waals surface area contributed by atoms with Crippen LogP contribution in [0.15, 0.2) is 28.8 Å². The minimum absolute atomic E-state index is 0.0926. The smallest absolute Gasteiger partial charge is 0.272 e. The molecule has 0 radical (unpaired) electrons. The van der Waals surface area contributed by atoms with Crippen LogP contribution in [0.1, 0.15) is 80.0 Å². The molecule has 3 aromatic heterocycles. The summed E-state index contributed by atoms with van der Waals surface area (Å²) in [7, 11) is 0. The van der Waals surface area contributed by atoms with Crippen LogP contribution in [0.5, 0.6) is 0 Å². The van der Waals surface area contributed by atoms with Gasteiger partial charge in [0.2, 0.25) is 0 Å². The molecule has 9 nitrogen and oxygen atoms in total. The molecule has 3 aromatic rings. The molecule has 2 aliphatic heterocycles. The number of hydrogen-bond acceptors (Lipinski definition) is 7. The third-order valence-electron chi connectivity index (χ3n) is 7.66. The molecule has 2 fully saturated rings. The normalized spacial score (nSPS) is 18.4. The zero-order valence-corrected chi connectivity index (χ0v) is 23.9. The molecule has 0 atom stereocenters. The predicted molar refractivity (Wildman–Crippen MR) is 148 cm³/mol. The highest BCUT2D eigenvalue weighted by atomic mass is 35.5. The summed E-state index contributed by atoms with van der Waals surface area (Å²) in [5.41, 5.74) is 0.975. The van der Waals surface area contributed by atoms with E-state index in [2.05, 4.69) is 48.2 Å². The maximum atomic E-state index is 13.7. The second-order valence-electron chi connectivity index (χ2n) is 11.1. The van der Waals surface area contributed by atoms with Gasteiger partial charge in [-0.05, 0) is 65.5 Å². The van der Waals surface area contributed by atoms with Crippen LogP contribution in [0, 0.1) is 0 Å². The summed E-state index contributed by atoms with van der Waals surface area (Å²) in [4.78, 5) is 32.1. The van der Waals surface area contributed by atoms with Crippen LogP contribution >= 0.6 is 22.9 Å². The molecule has 0 aromatic carbocycles. The molecule has 204 valence electrons. The van der Waals surface area contributed by atoms with Gasteiger partial charge in [-0.2, -0.15) is 5.10 Å². The molecule has 2 aliphatic rings. The van der Waals surface area contributed by atoms with Gasteiger partial charge in [0, 0.05) is 49.4 Å². The first-order valence-corrected chi connectivity index (χ1v) is 14.5. The lowest BCUT2D eigenvalue weighted by atomic mass is 10.0. The Hall–Kier alpha value is -2.69. The SMILES string of the molecule is CC(C)N1CCC(NC(=O)c2cc(C(=O)N3CCCC3(C)C)n(Cc3cc(-c4ccc(Cl)s4)on3)n2)CC1. The van der Waals surface area contributed by atoms with Crippen LogP contribution in [-0.2, 0) is 6.54 Å². The lowest BCUT2D eigenvalue weighted by Crippen LogP contribution is -2.46. The van der Waals surface area contributed by atoms with Gasteiger partial charge in [-0.1, -0.05) is 16.8 Å². The minimum Gasteiger partial charge on any atom is -0.355 e. The number of halogens is 1. The maximum absolute atomic E-state index is 13.7. The monoisotopic (exact) mass is 558 g/mol. The predicted octanol–water partition coefficient (Wildman–Crippen LogP) is 4.92. The first kappa shape index (κ1) is 26.9. The standard InChI is InChI=1S/C27H35ClN6O3S/c1-17(2)32-12-8-18(9-13-32)29-25(35)20-15-21(26(36)33-11-5-10-27(33,3)4)34(30-20)16-19-14-22(37-31-19)23-6-7-24(28)38-23/h6-7,14-15,17-18H,5,8-13,16H2,1-4H3,(H,29,35). The molecule has 1 N–H and O–H groups in total. The van der Waals surface area contributed by atoms with Gasteiger partial charge in [0.1, 0.15) is 11.4 Å². The average Bonchev–Trinajstić information content (AvgIpc) is 3.66. The number of likely N-dealkylation sites (tertiary alicyclic amines) is 2. The highest BCUT2D eigenvalue weighted by molar-refractivity contribution is 7.19. The number of nitrogens with one attached hydrogen (secondary N) is 1. The Kier molecular flexibility index (Phi) is 7.66. The van der Waals surface area contributed by atoms with Gasteiger partial charge in [-0.25, -0.2) is 0 Å². The Balaban J connectivity index is 1.37. The van der Waals surface area contributed by atoms with Gasteiger partial charge in [0.05, 0.1) is 15.8 Å². The molecule has 0 saturated carbocycles. The molecular formula is C27H35ClN6O3S. The fourth-order valence-electron chi connectivity index (χ4n) is 5.36. The van der Waals surface area contributed by atoms with E-state index in [9.17, 15) is 9.59 Å². The van der Waals surface area contributed by atoms with Gasteiger partial charge < -0.3 is 19.6 Å². The van der Waals surface area contributed by atoms with E-state index < -0.39 is 0 Å². The van der Waals surface area contributed by atoms with Crippen LogP contribution in [0.4, 0.5) is 0 Å². The molecule has 0 bridgehead atoms. The second-order valence-corrected chi connectivity index (χ2v) is 12.8. The van der Waals surface area contributed by atoms with Gasteiger partial charge in [-0.3, -0.25) is 14.3 Å². The Bertz CT molecular complexity index is 1300. The molecule has 0 spiro atoms. The van der Waals surface area contributed by atoms with Gasteiger partial charge in [0.25, 0.3) is 11.8 Å². The summed E-state index contributed by atoms with van der Waals surface area (Å²) in [5, 5.41) is 11.9. The van der Waals surface area contributed by atoms with Gasteiger partial charge >= 0.3 is 0 Å². The van der Waals surface area contributed by atoms with E-state index in [4.69, 9.17) is 16.1 Å². The Morgan fingerprint density at radius 2 is 1.97 bits per heavy atom. The lowest BCUT2D eigenvalue weighted by Gasteiger charge is -2.34. The second kappa shape index (κ2) is 10.8. The summed E-state index contributed by atoms with van der Waals surface area (Å²) in [6, 6.07) is 7.72. The van der Waals surface area contributed by atoms with E-state index in [1.807, 2.05) is 23.1 Å². The fourth-order valence-corrected chi connectivity index (χ4v) is 6.36. The summed E-state index contributed by atoms with van der Waals surface area (Å²) in [6.07, 6.45) is 3.68. The largest absolute Gasteiger partial charge is 0.355 e. The van der Waals surface area contributed by atoms with Crippen LogP contribution in [0.3, 0.4) is 0 Å². The number of thiophene rings is 1. The maximum Gasteiger partial charge on any atom is 0.272 e. The molecule has 5 heterocycles. The van der Waals surface area contributed by atoms with Crippen molar-refractivity contribution in [1.82, 2.24) is 30.1 Å². The van der Waals surface area contributed by atoms with E-state index in [-0.39, 0.29) is 35.6 Å². The summed E-state index contributed by atoms with van der Waals surface area (Å²) >= 11 is 7.47. The van der Waals surface area contributed by atoms with Gasteiger partial charge in [-0.15, -0.1) is 11.3 Å². The van der Waals surface area contributed by atoms with Crippen molar-refractivity contribution in [2.24, 2.45) is 0 Å². The highest BCUT2D eigenvalue weighted by Crippen LogP contribution is 2.32. The van der Waals surface area contributed by atoms with Crippen molar-refractivity contribution in [3.8, 4) is 10.6 Å².